The van der Waals surface area contributed by atoms with Crippen molar-refractivity contribution >= 4 is 23.7 Å². The molecule has 3 rings (SSSR count). The van der Waals surface area contributed by atoms with E-state index in [2.05, 4.69) is 10.6 Å². The zero-order valence-electron chi connectivity index (χ0n) is 14.9. The van der Waals surface area contributed by atoms with E-state index in [-0.39, 0.29) is 18.0 Å². The summed E-state index contributed by atoms with van der Waals surface area (Å²) in [6.45, 7) is 3.99. The standard InChI is InChI=1S/C18H24N4O4/c1-2-26-18(25)22-11-9-21(10-12-22)16(23)13-3-5-14(6-4-13)19-17(24)20-15-7-8-15/h3-6,15H,2,7-12H2,1H3,(H2,19,20,24). The van der Waals surface area contributed by atoms with Crippen LogP contribution >= 0.6 is 0 Å². The number of hydrogen-bond donors (Lipinski definition) is 2. The number of rotatable bonds is 4. The van der Waals surface area contributed by atoms with Crippen LogP contribution in [0.5, 0.6) is 0 Å². The van der Waals surface area contributed by atoms with Gasteiger partial charge in [0, 0.05) is 43.5 Å². The minimum absolute atomic E-state index is 0.0810. The maximum atomic E-state index is 12.6. The van der Waals surface area contributed by atoms with E-state index >= 15 is 0 Å². The number of amides is 4. The maximum absolute atomic E-state index is 12.6. The molecule has 1 saturated heterocycles. The van der Waals surface area contributed by atoms with Gasteiger partial charge in [0.1, 0.15) is 0 Å². The van der Waals surface area contributed by atoms with Crippen molar-refractivity contribution in [3.63, 3.8) is 0 Å². The molecular weight excluding hydrogens is 336 g/mol. The van der Waals surface area contributed by atoms with Crippen LogP contribution < -0.4 is 10.6 Å². The van der Waals surface area contributed by atoms with Gasteiger partial charge in [0.05, 0.1) is 6.61 Å². The van der Waals surface area contributed by atoms with Crippen LogP contribution in [0.4, 0.5) is 15.3 Å². The van der Waals surface area contributed by atoms with Crippen molar-refractivity contribution in [3.8, 4) is 0 Å². The molecule has 8 heteroatoms. The third-order valence-electron chi connectivity index (χ3n) is 4.40. The second kappa shape index (κ2) is 8.07. The molecule has 0 radical (unpaired) electrons. The van der Waals surface area contributed by atoms with Gasteiger partial charge < -0.3 is 25.2 Å². The van der Waals surface area contributed by atoms with Crippen molar-refractivity contribution in [2.45, 2.75) is 25.8 Å². The molecule has 0 atom stereocenters. The van der Waals surface area contributed by atoms with Crippen molar-refractivity contribution in [1.29, 1.82) is 0 Å². The van der Waals surface area contributed by atoms with Crippen LogP contribution in [0.15, 0.2) is 24.3 Å². The van der Waals surface area contributed by atoms with Crippen LogP contribution in [0.2, 0.25) is 0 Å². The number of hydrogen-bond acceptors (Lipinski definition) is 4. The summed E-state index contributed by atoms with van der Waals surface area (Å²) in [4.78, 5) is 39.3. The van der Waals surface area contributed by atoms with Gasteiger partial charge in [-0.2, -0.15) is 0 Å². The van der Waals surface area contributed by atoms with Gasteiger partial charge in [0.2, 0.25) is 0 Å². The van der Waals surface area contributed by atoms with E-state index in [1.807, 2.05) is 0 Å². The number of piperazine rings is 1. The average molecular weight is 360 g/mol. The van der Waals surface area contributed by atoms with Crippen LogP contribution in [0.25, 0.3) is 0 Å². The first-order chi connectivity index (χ1) is 12.6. The second-order valence-electron chi connectivity index (χ2n) is 6.43. The number of ether oxygens (including phenoxy) is 1. The molecule has 1 saturated carbocycles. The summed E-state index contributed by atoms with van der Waals surface area (Å²) in [5.74, 6) is -0.0810. The maximum Gasteiger partial charge on any atom is 0.409 e. The lowest BCUT2D eigenvalue weighted by molar-refractivity contribution is 0.0570. The highest BCUT2D eigenvalue weighted by Gasteiger charge is 2.26. The Balaban J connectivity index is 1.50. The largest absolute Gasteiger partial charge is 0.450 e. The van der Waals surface area contributed by atoms with E-state index in [4.69, 9.17) is 4.74 Å². The Morgan fingerprint density at radius 2 is 1.65 bits per heavy atom. The zero-order chi connectivity index (χ0) is 18.5. The topological polar surface area (TPSA) is 91.0 Å². The molecular formula is C18H24N4O4. The SMILES string of the molecule is CCOC(=O)N1CCN(C(=O)c2ccc(NC(=O)NC3CC3)cc2)CC1. The number of nitrogens with one attached hydrogen (secondary N) is 2. The third kappa shape index (κ3) is 4.65. The molecule has 8 nitrogen and oxygen atoms in total. The first kappa shape index (κ1) is 18.0. The smallest absolute Gasteiger partial charge is 0.409 e. The summed E-state index contributed by atoms with van der Waals surface area (Å²) < 4.78 is 4.98. The summed E-state index contributed by atoms with van der Waals surface area (Å²) in [5.41, 5.74) is 1.20. The first-order valence-electron chi connectivity index (χ1n) is 8.95. The van der Waals surface area contributed by atoms with Crippen LogP contribution in [0.3, 0.4) is 0 Å². The Bertz CT molecular complexity index is 664. The molecule has 0 aromatic heterocycles. The Labute approximate surface area is 152 Å². The number of carbonyl (C=O) groups excluding carboxylic acids is 3. The van der Waals surface area contributed by atoms with Crippen molar-refractivity contribution in [2.24, 2.45) is 0 Å². The summed E-state index contributed by atoms with van der Waals surface area (Å²) in [6.07, 6.45) is 1.73. The molecule has 1 aliphatic carbocycles. The van der Waals surface area contributed by atoms with Gasteiger partial charge in [0.25, 0.3) is 5.91 Å². The molecule has 2 N–H and O–H groups in total. The van der Waals surface area contributed by atoms with Gasteiger partial charge in [-0.3, -0.25) is 4.79 Å². The molecule has 0 bridgehead atoms. The minimum atomic E-state index is -0.334. The Hall–Kier alpha value is -2.77. The quantitative estimate of drug-likeness (QED) is 0.858. The van der Waals surface area contributed by atoms with Crippen LogP contribution in [0, 0.1) is 0 Å². The normalized spacial score (nSPS) is 16.8. The van der Waals surface area contributed by atoms with Crippen molar-refractivity contribution < 1.29 is 19.1 Å². The van der Waals surface area contributed by atoms with Gasteiger partial charge in [-0.25, -0.2) is 9.59 Å². The Morgan fingerprint density at radius 1 is 1.04 bits per heavy atom. The minimum Gasteiger partial charge on any atom is -0.450 e. The predicted molar refractivity (Wildman–Crippen MR) is 96.1 cm³/mol. The van der Waals surface area contributed by atoms with E-state index in [0.29, 0.717) is 50.1 Å². The molecule has 0 spiro atoms. The fourth-order valence-electron chi connectivity index (χ4n) is 2.77. The van der Waals surface area contributed by atoms with Crippen molar-refractivity contribution in [2.75, 3.05) is 38.1 Å². The highest BCUT2D eigenvalue weighted by atomic mass is 16.6. The predicted octanol–water partition coefficient (Wildman–Crippen LogP) is 1.88. The lowest BCUT2D eigenvalue weighted by Gasteiger charge is -2.34. The lowest BCUT2D eigenvalue weighted by atomic mass is 10.1. The number of benzene rings is 1. The summed E-state index contributed by atoms with van der Waals surface area (Å²) in [6, 6.07) is 6.91. The van der Waals surface area contributed by atoms with Crippen LogP contribution in [-0.2, 0) is 4.74 Å². The monoisotopic (exact) mass is 360 g/mol. The second-order valence-corrected chi connectivity index (χ2v) is 6.43. The first-order valence-corrected chi connectivity index (χ1v) is 8.95. The molecule has 0 unspecified atom stereocenters. The molecule has 2 aliphatic rings. The summed E-state index contributed by atoms with van der Waals surface area (Å²) >= 11 is 0. The molecule has 2 fully saturated rings. The average Bonchev–Trinajstić information content (AvgIpc) is 3.46. The number of nitrogens with zero attached hydrogens (tertiary/aromatic N) is 2. The number of carbonyl (C=O) groups is 3. The zero-order valence-corrected chi connectivity index (χ0v) is 14.9. The highest BCUT2D eigenvalue weighted by Crippen LogP contribution is 2.19. The molecule has 1 aromatic carbocycles. The number of anilines is 1. The number of urea groups is 1. The van der Waals surface area contributed by atoms with Gasteiger partial charge in [-0.15, -0.1) is 0 Å². The van der Waals surface area contributed by atoms with Gasteiger partial charge in [-0.05, 0) is 44.0 Å². The molecule has 26 heavy (non-hydrogen) atoms. The van der Waals surface area contributed by atoms with Gasteiger partial charge in [-0.1, -0.05) is 0 Å². The van der Waals surface area contributed by atoms with E-state index in [0.717, 1.165) is 12.8 Å². The summed E-state index contributed by atoms with van der Waals surface area (Å²) in [7, 11) is 0. The fraction of sp³-hybridized carbons (Fsp3) is 0.500. The fourth-order valence-corrected chi connectivity index (χ4v) is 2.77. The van der Waals surface area contributed by atoms with Crippen molar-refractivity contribution in [1.82, 2.24) is 15.1 Å². The molecule has 1 heterocycles. The lowest BCUT2D eigenvalue weighted by Crippen LogP contribution is -2.50. The van der Waals surface area contributed by atoms with Gasteiger partial charge >= 0.3 is 12.1 Å². The third-order valence-corrected chi connectivity index (χ3v) is 4.40. The highest BCUT2D eigenvalue weighted by molar-refractivity contribution is 5.95. The summed E-state index contributed by atoms with van der Waals surface area (Å²) in [5, 5.41) is 5.60. The van der Waals surface area contributed by atoms with E-state index in [1.54, 1.807) is 41.0 Å². The van der Waals surface area contributed by atoms with Gasteiger partial charge in [0.15, 0.2) is 0 Å². The molecule has 140 valence electrons. The molecule has 1 aliphatic heterocycles. The van der Waals surface area contributed by atoms with Crippen molar-refractivity contribution in [3.05, 3.63) is 29.8 Å². The van der Waals surface area contributed by atoms with E-state index in [1.165, 1.54) is 0 Å². The molecule has 1 aromatic rings. The van der Waals surface area contributed by atoms with E-state index in [9.17, 15) is 14.4 Å². The molecule has 4 amide bonds. The Kier molecular flexibility index (Phi) is 5.60. The van der Waals surface area contributed by atoms with Crippen LogP contribution in [0.1, 0.15) is 30.1 Å². The van der Waals surface area contributed by atoms with Crippen LogP contribution in [-0.4, -0.2) is 66.7 Å². The Morgan fingerprint density at radius 3 is 2.23 bits per heavy atom. The van der Waals surface area contributed by atoms with E-state index < -0.39 is 0 Å².